The number of halogens is 2. The van der Waals surface area contributed by atoms with E-state index in [9.17, 15) is 12.8 Å². The first-order valence-corrected chi connectivity index (χ1v) is 10.7. The van der Waals surface area contributed by atoms with Crippen LogP contribution < -0.4 is 10.6 Å². The Balaban J connectivity index is 1.84. The summed E-state index contributed by atoms with van der Waals surface area (Å²) in [5.74, 6) is 0.791. The normalized spacial score (nSPS) is 20.1. The van der Waals surface area contributed by atoms with Gasteiger partial charge in [0.1, 0.15) is 5.82 Å². The number of hydrogen-bond donors (Lipinski definition) is 2. The van der Waals surface area contributed by atoms with Crippen LogP contribution in [-0.2, 0) is 16.3 Å². The molecule has 1 aromatic carbocycles. The number of aliphatic imine (C=N–C) groups is 1. The molecule has 0 spiro atoms. The van der Waals surface area contributed by atoms with Crippen molar-refractivity contribution >= 4 is 31.7 Å². The van der Waals surface area contributed by atoms with Gasteiger partial charge in [-0.25, -0.2) is 12.8 Å². The fraction of sp³-hybridized carbons (Fsp3) is 0.562. The Morgan fingerprint density at radius 3 is 2.88 bits per heavy atom. The molecule has 1 atom stereocenters. The highest BCUT2D eigenvalue weighted by molar-refractivity contribution is 9.10. The maximum absolute atomic E-state index is 13.8. The third-order valence-electron chi connectivity index (χ3n) is 3.81. The largest absolute Gasteiger partial charge is 0.357 e. The van der Waals surface area contributed by atoms with Crippen molar-refractivity contribution < 1.29 is 12.8 Å². The van der Waals surface area contributed by atoms with E-state index in [-0.39, 0.29) is 23.4 Å². The predicted molar refractivity (Wildman–Crippen MR) is 98.6 cm³/mol. The topological polar surface area (TPSA) is 70.6 Å². The van der Waals surface area contributed by atoms with Gasteiger partial charge in [-0.3, -0.25) is 4.99 Å². The van der Waals surface area contributed by atoms with Crippen molar-refractivity contribution in [2.75, 3.05) is 24.6 Å². The minimum Gasteiger partial charge on any atom is -0.357 e. The number of sulfone groups is 1. The summed E-state index contributed by atoms with van der Waals surface area (Å²) >= 11 is 3.24. The second-order valence-corrected chi connectivity index (χ2v) is 8.99. The Kier molecular flexibility index (Phi) is 7.03. The van der Waals surface area contributed by atoms with Crippen LogP contribution in [0.15, 0.2) is 27.7 Å². The van der Waals surface area contributed by atoms with Crippen LogP contribution in [0.3, 0.4) is 0 Å². The molecule has 0 amide bonds. The number of nitrogens with one attached hydrogen (secondary N) is 2. The van der Waals surface area contributed by atoms with Crippen LogP contribution >= 0.6 is 15.9 Å². The molecule has 2 N–H and O–H groups in total. The lowest BCUT2D eigenvalue weighted by atomic mass is 10.1. The zero-order chi connectivity index (χ0) is 17.6. The SMILES string of the molecule is CCNC(=NCCCc1ccc(Br)cc1F)NC1CCS(=O)(=O)C1. The third kappa shape index (κ3) is 6.05. The molecule has 1 aliphatic heterocycles. The van der Waals surface area contributed by atoms with Gasteiger partial charge in [0, 0.05) is 23.6 Å². The van der Waals surface area contributed by atoms with E-state index in [0.29, 0.717) is 37.5 Å². The van der Waals surface area contributed by atoms with Gasteiger partial charge >= 0.3 is 0 Å². The van der Waals surface area contributed by atoms with E-state index in [2.05, 4.69) is 31.6 Å². The highest BCUT2D eigenvalue weighted by atomic mass is 79.9. The van der Waals surface area contributed by atoms with Crippen molar-refractivity contribution in [3.63, 3.8) is 0 Å². The van der Waals surface area contributed by atoms with Crippen LogP contribution in [0.5, 0.6) is 0 Å². The summed E-state index contributed by atoms with van der Waals surface area (Å²) in [6, 6.07) is 4.98. The number of benzene rings is 1. The van der Waals surface area contributed by atoms with E-state index >= 15 is 0 Å². The first-order valence-electron chi connectivity index (χ1n) is 8.09. The average molecular weight is 420 g/mol. The monoisotopic (exact) mass is 419 g/mol. The Bertz CT molecular complexity index is 695. The van der Waals surface area contributed by atoms with E-state index in [1.165, 1.54) is 6.07 Å². The quantitative estimate of drug-likeness (QED) is 0.421. The summed E-state index contributed by atoms with van der Waals surface area (Å²) in [4.78, 5) is 4.45. The van der Waals surface area contributed by atoms with E-state index in [4.69, 9.17) is 0 Å². The van der Waals surface area contributed by atoms with Gasteiger partial charge in [-0.2, -0.15) is 0 Å². The molecule has 2 rings (SSSR count). The molecule has 1 unspecified atom stereocenters. The number of hydrogen-bond acceptors (Lipinski definition) is 3. The molecule has 1 heterocycles. The van der Waals surface area contributed by atoms with Crippen LogP contribution in [0.4, 0.5) is 4.39 Å². The van der Waals surface area contributed by atoms with E-state index in [1.807, 2.05) is 13.0 Å². The molecule has 1 saturated heterocycles. The minimum atomic E-state index is -2.92. The lowest BCUT2D eigenvalue weighted by Crippen LogP contribution is -2.44. The predicted octanol–water partition coefficient (Wildman–Crippen LogP) is 2.26. The average Bonchev–Trinajstić information content (AvgIpc) is 2.84. The van der Waals surface area contributed by atoms with Crippen molar-refractivity contribution in [3.8, 4) is 0 Å². The van der Waals surface area contributed by atoms with Crippen molar-refractivity contribution in [3.05, 3.63) is 34.1 Å². The second-order valence-electron chi connectivity index (χ2n) is 5.84. The summed E-state index contributed by atoms with van der Waals surface area (Å²) in [7, 11) is -2.92. The zero-order valence-corrected chi connectivity index (χ0v) is 16.1. The number of guanidine groups is 1. The Morgan fingerprint density at radius 2 is 2.25 bits per heavy atom. The van der Waals surface area contributed by atoms with Crippen molar-refractivity contribution in [1.82, 2.24) is 10.6 Å². The standard InChI is InChI=1S/C16H23BrFN3O2S/c1-2-19-16(21-14-7-9-24(22,23)11-14)20-8-3-4-12-5-6-13(17)10-15(12)18/h5-6,10,14H,2-4,7-9,11H2,1H3,(H2,19,20,21). The minimum absolute atomic E-state index is 0.0864. The number of aryl methyl sites for hydroxylation is 1. The molecule has 134 valence electrons. The first-order chi connectivity index (χ1) is 11.4. The van der Waals surface area contributed by atoms with Crippen molar-refractivity contribution in [1.29, 1.82) is 0 Å². The van der Waals surface area contributed by atoms with Crippen LogP contribution in [0.2, 0.25) is 0 Å². The van der Waals surface area contributed by atoms with Crippen LogP contribution in [0.1, 0.15) is 25.3 Å². The van der Waals surface area contributed by atoms with Gasteiger partial charge in [-0.15, -0.1) is 0 Å². The first kappa shape index (κ1) is 19.2. The Hall–Kier alpha value is -1.15. The molecule has 0 radical (unpaired) electrons. The lowest BCUT2D eigenvalue weighted by molar-refractivity contribution is 0.599. The maximum Gasteiger partial charge on any atom is 0.191 e. The van der Waals surface area contributed by atoms with E-state index in [1.54, 1.807) is 6.07 Å². The number of rotatable bonds is 6. The van der Waals surface area contributed by atoms with Crippen LogP contribution in [-0.4, -0.2) is 45.0 Å². The molecule has 0 aromatic heterocycles. The lowest BCUT2D eigenvalue weighted by Gasteiger charge is -2.15. The molecular formula is C16H23BrFN3O2S. The summed E-state index contributed by atoms with van der Waals surface area (Å²) in [6.07, 6.45) is 1.94. The van der Waals surface area contributed by atoms with Crippen LogP contribution in [0, 0.1) is 5.82 Å². The van der Waals surface area contributed by atoms with Crippen molar-refractivity contribution in [2.24, 2.45) is 4.99 Å². The van der Waals surface area contributed by atoms with E-state index < -0.39 is 9.84 Å². The second kappa shape index (κ2) is 8.80. The molecule has 0 saturated carbocycles. The molecular weight excluding hydrogens is 397 g/mol. The molecule has 8 heteroatoms. The Labute approximate surface area is 151 Å². The summed E-state index contributed by atoms with van der Waals surface area (Å²) in [6.45, 7) is 3.21. The fourth-order valence-corrected chi connectivity index (χ4v) is 4.61. The molecule has 1 aliphatic rings. The summed E-state index contributed by atoms with van der Waals surface area (Å²) in [5.41, 5.74) is 0.674. The molecule has 0 bridgehead atoms. The van der Waals surface area contributed by atoms with Gasteiger partial charge in [0.15, 0.2) is 15.8 Å². The molecule has 24 heavy (non-hydrogen) atoms. The smallest absolute Gasteiger partial charge is 0.191 e. The van der Waals surface area contributed by atoms with Gasteiger partial charge in [0.05, 0.1) is 11.5 Å². The van der Waals surface area contributed by atoms with Gasteiger partial charge in [-0.1, -0.05) is 22.0 Å². The van der Waals surface area contributed by atoms with Gasteiger partial charge < -0.3 is 10.6 Å². The number of nitrogens with zero attached hydrogens (tertiary/aromatic N) is 1. The van der Waals surface area contributed by atoms with Gasteiger partial charge in [0.2, 0.25) is 0 Å². The maximum atomic E-state index is 13.8. The Morgan fingerprint density at radius 1 is 1.46 bits per heavy atom. The van der Waals surface area contributed by atoms with Gasteiger partial charge in [-0.05, 0) is 43.9 Å². The highest BCUT2D eigenvalue weighted by Crippen LogP contribution is 2.16. The molecule has 1 fully saturated rings. The van der Waals surface area contributed by atoms with Crippen LogP contribution in [0.25, 0.3) is 0 Å². The molecule has 1 aromatic rings. The third-order valence-corrected chi connectivity index (χ3v) is 6.07. The molecule has 5 nitrogen and oxygen atoms in total. The summed E-state index contributed by atoms with van der Waals surface area (Å²) in [5, 5.41) is 6.29. The van der Waals surface area contributed by atoms with E-state index in [0.717, 1.165) is 10.9 Å². The molecule has 0 aliphatic carbocycles. The highest BCUT2D eigenvalue weighted by Gasteiger charge is 2.28. The van der Waals surface area contributed by atoms with Crippen molar-refractivity contribution in [2.45, 2.75) is 32.2 Å². The fourth-order valence-electron chi connectivity index (χ4n) is 2.61. The zero-order valence-electron chi connectivity index (χ0n) is 13.7. The van der Waals surface area contributed by atoms with Gasteiger partial charge in [0.25, 0.3) is 0 Å². The summed E-state index contributed by atoms with van der Waals surface area (Å²) < 4.78 is 37.5.